The van der Waals surface area contributed by atoms with Crippen LogP contribution in [0, 0.1) is 0 Å². The molecule has 0 spiro atoms. The van der Waals surface area contributed by atoms with Crippen LogP contribution in [0.2, 0.25) is 5.15 Å². The Hall–Kier alpha value is -3.19. The second-order valence-corrected chi connectivity index (χ2v) is 5.57. The molecule has 3 rings (SSSR count). The SMILES string of the molecule is CC(=O)c1ccc(Nc2ncnc(Nc3cccnc3Cl)c2N)cc1. The number of halogens is 1. The zero-order valence-electron chi connectivity index (χ0n) is 13.3. The molecule has 7 nitrogen and oxygen atoms in total. The monoisotopic (exact) mass is 354 g/mol. The summed E-state index contributed by atoms with van der Waals surface area (Å²) in [6, 6.07) is 10.5. The third-order valence-electron chi connectivity index (χ3n) is 3.45. The van der Waals surface area contributed by atoms with Crippen LogP contribution < -0.4 is 16.4 Å². The first-order valence-electron chi connectivity index (χ1n) is 7.40. The van der Waals surface area contributed by atoms with Crippen molar-refractivity contribution in [3.63, 3.8) is 0 Å². The topological polar surface area (TPSA) is 106 Å². The summed E-state index contributed by atoms with van der Waals surface area (Å²) in [5.41, 5.74) is 8.45. The number of anilines is 5. The van der Waals surface area contributed by atoms with Crippen molar-refractivity contribution in [3.05, 3.63) is 59.6 Å². The zero-order valence-corrected chi connectivity index (χ0v) is 14.1. The maximum atomic E-state index is 11.3. The van der Waals surface area contributed by atoms with Crippen molar-refractivity contribution in [1.82, 2.24) is 15.0 Å². The van der Waals surface area contributed by atoms with Crippen LogP contribution in [0.1, 0.15) is 17.3 Å². The summed E-state index contributed by atoms with van der Waals surface area (Å²) < 4.78 is 0. The lowest BCUT2D eigenvalue weighted by atomic mass is 10.1. The second-order valence-electron chi connectivity index (χ2n) is 5.21. The summed E-state index contributed by atoms with van der Waals surface area (Å²) in [6.45, 7) is 1.52. The van der Waals surface area contributed by atoms with E-state index in [0.717, 1.165) is 5.69 Å². The fourth-order valence-corrected chi connectivity index (χ4v) is 2.29. The summed E-state index contributed by atoms with van der Waals surface area (Å²) >= 11 is 6.04. The molecule has 0 amide bonds. The van der Waals surface area contributed by atoms with Crippen molar-refractivity contribution in [2.24, 2.45) is 0 Å². The van der Waals surface area contributed by atoms with E-state index in [2.05, 4.69) is 25.6 Å². The molecule has 0 aliphatic rings. The summed E-state index contributed by atoms with van der Waals surface area (Å²) in [5, 5.41) is 6.45. The molecule has 1 aromatic carbocycles. The van der Waals surface area contributed by atoms with Crippen LogP contribution >= 0.6 is 11.6 Å². The lowest BCUT2D eigenvalue weighted by molar-refractivity contribution is 0.101. The zero-order chi connectivity index (χ0) is 17.8. The summed E-state index contributed by atoms with van der Waals surface area (Å²) in [7, 11) is 0. The number of aromatic nitrogens is 3. The number of ketones is 1. The number of carbonyl (C=O) groups excluding carboxylic acids is 1. The first kappa shape index (κ1) is 16.7. The van der Waals surface area contributed by atoms with Gasteiger partial charge in [-0.3, -0.25) is 4.79 Å². The largest absolute Gasteiger partial charge is 0.393 e. The molecule has 2 aromatic heterocycles. The Morgan fingerprint density at radius 1 is 1.04 bits per heavy atom. The fourth-order valence-electron chi connectivity index (χ4n) is 2.13. The van der Waals surface area contributed by atoms with Gasteiger partial charge in [0.1, 0.15) is 12.0 Å². The summed E-state index contributed by atoms with van der Waals surface area (Å²) in [6.07, 6.45) is 2.98. The van der Waals surface area contributed by atoms with Crippen LogP contribution in [0.15, 0.2) is 48.9 Å². The van der Waals surface area contributed by atoms with Crippen LogP contribution in [-0.4, -0.2) is 20.7 Å². The predicted octanol–water partition coefficient (Wildman–Crippen LogP) is 3.80. The fraction of sp³-hybridized carbons (Fsp3) is 0.0588. The van der Waals surface area contributed by atoms with Crippen LogP contribution in [0.3, 0.4) is 0 Å². The predicted molar refractivity (Wildman–Crippen MR) is 98.7 cm³/mol. The van der Waals surface area contributed by atoms with Gasteiger partial charge in [0, 0.05) is 17.4 Å². The average molecular weight is 355 g/mol. The van der Waals surface area contributed by atoms with E-state index < -0.39 is 0 Å². The molecule has 4 N–H and O–H groups in total. The molecule has 0 saturated heterocycles. The van der Waals surface area contributed by atoms with Gasteiger partial charge in [0.25, 0.3) is 0 Å². The Bertz CT molecular complexity index is 913. The number of nitrogens with two attached hydrogens (primary N) is 1. The maximum Gasteiger partial charge on any atom is 0.159 e. The van der Waals surface area contributed by atoms with E-state index in [1.165, 1.54) is 13.3 Å². The van der Waals surface area contributed by atoms with Crippen molar-refractivity contribution >= 4 is 46.1 Å². The van der Waals surface area contributed by atoms with Gasteiger partial charge in [0.2, 0.25) is 0 Å². The molecule has 0 radical (unpaired) electrons. The molecule has 0 atom stereocenters. The maximum absolute atomic E-state index is 11.3. The number of benzene rings is 1. The van der Waals surface area contributed by atoms with Crippen LogP contribution in [0.25, 0.3) is 0 Å². The van der Waals surface area contributed by atoms with Gasteiger partial charge in [-0.2, -0.15) is 0 Å². The molecule has 0 aliphatic heterocycles. The second kappa shape index (κ2) is 7.14. The highest BCUT2D eigenvalue weighted by Gasteiger charge is 2.10. The number of nitrogen functional groups attached to an aromatic ring is 1. The molecule has 3 aromatic rings. The van der Waals surface area contributed by atoms with E-state index in [-0.39, 0.29) is 5.78 Å². The number of rotatable bonds is 5. The van der Waals surface area contributed by atoms with Gasteiger partial charge in [-0.1, -0.05) is 11.6 Å². The highest BCUT2D eigenvalue weighted by molar-refractivity contribution is 6.32. The van der Waals surface area contributed by atoms with E-state index in [1.807, 2.05) is 0 Å². The van der Waals surface area contributed by atoms with Gasteiger partial charge >= 0.3 is 0 Å². The van der Waals surface area contributed by atoms with Crippen LogP contribution in [0.5, 0.6) is 0 Å². The van der Waals surface area contributed by atoms with E-state index >= 15 is 0 Å². The number of carbonyl (C=O) groups is 1. The molecule has 8 heteroatoms. The molecule has 2 heterocycles. The Kier molecular flexibility index (Phi) is 4.76. The number of hydrogen-bond donors (Lipinski definition) is 3. The standard InChI is InChI=1S/C17H15ClN6O/c1-10(25)11-4-6-12(7-5-11)23-16-14(19)17(22-9-21-16)24-13-3-2-8-20-15(13)18/h2-9H,19H2,1H3,(H2,21,22,23,24). The Morgan fingerprint density at radius 3 is 2.36 bits per heavy atom. The Labute approximate surface area is 149 Å². The number of nitrogens with one attached hydrogen (secondary N) is 2. The van der Waals surface area contributed by atoms with Crippen LogP contribution in [0.4, 0.5) is 28.7 Å². The van der Waals surface area contributed by atoms with Gasteiger partial charge in [-0.25, -0.2) is 15.0 Å². The highest BCUT2D eigenvalue weighted by atomic mass is 35.5. The smallest absolute Gasteiger partial charge is 0.159 e. The Balaban J connectivity index is 1.83. The van der Waals surface area contributed by atoms with Gasteiger partial charge in [0.15, 0.2) is 22.6 Å². The van der Waals surface area contributed by atoms with Gasteiger partial charge in [0.05, 0.1) is 5.69 Å². The van der Waals surface area contributed by atoms with Crippen molar-refractivity contribution in [2.75, 3.05) is 16.4 Å². The Morgan fingerprint density at radius 2 is 1.72 bits per heavy atom. The highest BCUT2D eigenvalue weighted by Crippen LogP contribution is 2.30. The molecule has 0 fully saturated rings. The minimum Gasteiger partial charge on any atom is -0.393 e. The van der Waals surface area contributed by atoms with Crippen molar-refractivity contribution in [2.45, 2.75) is 6.92 Å². The molecule has 0 saturated carbocycles. The first-order chi connectivity index (χ1) is 12.0. The third kappa shape index (κ3) is 3.84. The minimum absolute atomic E-state index is 0.00735. The molecule has 126 valence electrons. The molecule has 0 aliphatic carbocycles. The van der Waals surface area contributed by atoms with E-state index in [4.69, 9.17) is 17.3 Å². The van der Waals surface area contributed by atoms with E-state index in [9.17, 15) is 4.79 Å². The molecular formula is C17H15ClN6O. The third-order valence-corrected chi connectivity index (χ3v) is 3.75. The summed E-state index contributed by atoms with van der Waals surface area (Å²) in [5.74, 6) is 0.855. The van der Waals surface area contributed by atoms with E-state index in [0.29, 0.717) is 33.7 Å². The number of nitrogens with zero attached hydrogens (tertiary/aromatic N) is 3. The molecule has 25 heavy (non-hydrogen) atoms. The van der Waals surface area contributed by atoms with Gasteiger partial charge < -0.3 is 16.4 Å². The lowest BCUT2D eigenvalue weighted by Crippen LogP contribution is -2.05. The number of Topliss-reactive ketones (excluding diaryl/α,β-unsaturated/α-hetero) is 1. The van der Waals surface area contributed by atoms with Crippen LogP contribution in [-0.2, 0) is 0 Å². The van der Waals surface area contributed by atoms with Gasteiger partial charge in [-0.15, -0.1) is 0 Å². The minimum atomic E-state index is 0.00735. The molecular weight excluding hydrogens is 340 g/mol. The van der Waals surface area contributed by atoms with E-state index in [1.54, 1.807) is 42.6 Å². The normalized spacial score (nSPS) is 10.3. The van der Waals surface area contributed by atoms with Gasteiger partial charge in [-0.05, 0) is 43.3 Å². The number of pyridine rings is 1. The quantitative estimate of drug-likeness (QED) is 0.472. The molecule has 0 unspecified atom stereocenters. The van der Waals surface area contributed by atoms with Crippen molar-refractivity contribution in [3.8, 4) is 0 Å². The lowest BCUT2D eigenvalue weighted by Gasteiger charge is -2.13. The molecule has 0 bridgehead atoms. The van der Waals surface area contributed by atoms with Crippen molar-refractivity contribution < 1.29 is 4.79 Å². The average Bonchev–Trinajstić information content (AvgIpc) is 2.61. The first-order valence-corrected chi connectivity index (χ1v) is 7.78. The number of hydrogen-bond acceptors (Lipinski definition) is 7. The summed E-state index contributed by atoms with van der Waals surface area (Å²) in [4.78, 5) is 23.6. The van der Waals surface area contributed by atoms with Crippen molar-refractivity contribution in [1.29, 1.82) is 0 Å².